The number of ether oxygens (including phenoxy) is 1. The normalized spacial score (nSPS) is 9.81. The third-order valence-corrected chi connectivity index (χ3v) is 5.47. The number of aromatic nitrogens is 2. The molecule has 0 aliphatic heterocycles. The Morgan fingerprint density at radius 2 is 1.62 bits per heavy atom. The van der Waals surface area contributed by atoms with Crippen LogP contribution in [0.5, 0.6) is 5.75 Å². The lowest BCUT2D eigenvalue weighted by Gasteiger charge is -2.08. The van der Waals surface area contributed by atoms with Gasteiger partial charge < -0.3 is 15.0 Å². The number of nitrogens with zero attached hydrogens (tertiary/aromatic N) is 1. The molecule has 32 heavy (non-hydrogen) atoms. The quantitative estimate of drug-likeness (QED) is 0.334. The van der Waals surface area contributed by atoms with E-state index in [1.807, 2.05) is 64.1 Å². The Balaban J connectivity index is 0.000000860. The summed E-state index contributed by atoms with van der Waals surface area (Å²) in [7, 11) is 1.61. The Bertz CT molecular complexity index is 1120. The van der Waals surface area contributed by atoms with Gasteiger partial charge in [0.15, 0.2) is 0 Å². The Labute approximate surface area is 194 Å². The SMILES string of the molecule is CC.CC.COc1ccc(NC(=O)c2[nH]c3ncccc3c2Sc2ccc(C)cc2)cc1. The highest BCUT2D eigenvalue weighted by molar-refractivity contribution is 7.99. The van der Waals surface area contributed by atoms with Gasteiger partial charge in [-0.1, -0.05) is 57.2 Å². The van der Waals surface area contributed by atoms with Crippen LogP contribution in [-0.2, 0) is 0 Å². The lowest BCUT2D eigenvalue weighted by molar-refractivity contribution is 0.102. The molecular weight excluding hydrogens is 418 g/mol. The highest BCUT2D eigenvalue weighted by Crippen LogP contribution is 2.36. The molecule has 0 unspecified atom stereocenters. The lowest BCUT2D eigenvalue weighted by Crippen LogP contribution is -2.13. The van der Waals surface area contributed by atoms with Gasteiger partial charge in [-0.2, -0.15) is 0 Å². The van der Waals surface area contributed by atoms with Crippen LogP contribution in [0.2, 0.25) is 0 Å². The number of carbonyl (C=O) groups excluding carboxylic acids is 1. The summed E-state index contributed by atoms with van der Waals surface area (Å²) in [6, 6.07) is 19.3. The average Bonchev–Trinajstić information content (AvgIpc) is 3.22. The van der Waals surface area contributed by atoms with Gasteiger partial charge in [0.1, 0.15) is 17.1 Å². The molecule has 6 heteroatoms. The van der Waals surface area contributed by atoms with Gasteiger partial charge >= 0.3 is 0 Å². The van der Waals surface area contributed by atoms with Gasteiger partial charge in [-0.3, -0.25) is 4.79 Å². The van der Waals surface area contributed by atoms with E-state index in [4.69, 9.17) is 4.74 Å². The van der Waals surface area contributed by atoms with Gasteiger partial charge in [0.2, 0.25) is 0 Å². The largest absolute Gasteiger partial charge is 0.497 e. The molecule has 0 spiro atoms. The minimum Gasteiger partial charge on any atom is -0.497 e. The zero-order valence-corrected chi connectivity index (χ0v) is 20.3. The van der Waals surface area contributed by atoms with Crippen molar-refractivity contribution in [3.63, 3.8) is 0 Å². The number of methoxy groups -OCH3 is 1. The summed E-state index contributed by atoms with van der Waals surface area (Å²) < 4.78 is 5.16. The van der Waals surface area contributed by atoms with Gasteiger partial charge in [0.25, 0.3) is 5.91 Å². The van der Waals surface area contributed by atoms with Crippen LogP contribution in [0, 0.1) is 6.92 Å². The molecular formula is C26H31N3O2S. The molecule has 168 valence electrons. The van der Waals surface area contributed by atoms with Crippen molar-refractivity contribution < 1.29 is 9.53 Å². The number of hydrogen-bond acceptors (Lipinski definition) is 4. The molecule has 0 saturated carbocycles. The smallest absolute Gasteiger partial charge is 0.273 e. The van der Waals surface area contributed by atoms with Crippen molar-refractivity contribution in [2.45, 2.75) is 44.4 Å². The van der Waals surface area contributed by atoms with E-state index in [-0.39, 0.29) is 5.91 Å². The fourth-order valence-corrected chi connectivity index (χ4v) is 3.88. The fraction of sp³-hybridized carbons (Fsp3) is 0.231. The second-order valence-corrected chi connectivity index (χ2v) is 7.41. The summed E-state index contributed by atoms with van der Waals surface area (Å²) in [5, 5.41) is 3.86. The van der Waals surface area contributed by atoms with E-state index in [2.05, 4.69) is 46.5 Å². The zero-order valence-electron chi connectivity index (χ0n) is 19.5. The van der Waals surface area contributed by atoms with E-state index in [1.165, 1.54) is 5.56 Å². The molecule has 2 aromatic carbocycles. The number of amides is 1. The van der Waals surface area contributed by atoms with Crippen molar-refractivity contribution in [1.82, 2.24) is 9.97 Å². The monoisotopic (exact) mass is 449 g/mol. The van der Waals surface area contributed by atoms with Gasteiger partial charge in [-0.15, -0.1) is 0 Å². The number of pyridine rings is 1. The molecule has 0 aliphatic rings. The van der Waals surface area contributed by atoms with Crippen LogP contribution < -0.4 is 10.1 Å². The number of nitrogens with one attached hydrogen (secondary N) is 2. The van der Waals surface area contributed by atoms with E-state index in [9.17, 15) is 4.79 Å². The Morgan fingerprint density at radius 1 is 0.969 bits per heavy atom. The number of aromatic amines is 1. The first-order chi connectivity index (χ1) is 15.6. The Hall–Kier alpha value is -3.25. The van der Waals surface area contributed by atoms with Crippen LogP contribution in [0.3, 0.4) is 0 Å². The second kappa shape index (κ2) is 12.6. The maximum Gasteiger partial charge on any atom is 0.273 e. The molecule has 1 amide bonds. The first-order valence-electron chi connectivity index (χ1n) is 10.8. The molecule has 5 nitrogen and oxygen atoms in total. The summed E-state index contributed by atoms with van der Waals surface area (Å²) in [5.41, 5.74) is 3.08. The lowest BCUT2D eigenvalue weighted by atomic mass is 10.2. The second-order valence-electron chi connectivity index (χ2n) is 6.33. The van der Waals surface area contributed by atoms with Gasteiger partial charge in [0.05, 0.1) is 12.0 Å². The third-order valence-electron chi connectivity index (χ3n) is 4.34. The topological polar surface area (TPSA) is 67.0 Å². The van der Waals surface area contributed by atoms with Gasteiger partial charge in [0, 0.05) is 22.2 Å². The van der Waals surface area contributed by atoms with Crippen LogP contribution in [0.4, 0.5) is 5.69 Å². The molecule has 0 bridgehead atoms. The third kappa shape index (κ3) is 6.14. The molecule has 0 atom stereocenters. The van der Waals surface area contributed by atoms with Crippen LogP contribution in [0.1, 0.15) is 43.7 Å². The van der Waals surface area contributed by atoms with Crippen LogP contribution in [-0.4, -0.2) is 23.0 Å². The molecule has 0 aliphatic carbocycles. The minimum atomic E-state index is -0.210. The van der Waals surface area contributed by atoms with Crippen molar-refractivity contribution in [2.75, 3.05) is 12.4 Å². The van der Waals surface area contributed by atoms with Crippen LogP contribution in [0.15, 0.2) is 76.7 Å². The van der Waals surface area contributed by atoms with Crippen LogP contribution in [0.25, 0.3) is 11.0 Å². The summed E-state index contributed by atoms with van der Waals surface area (Å²) in [4.78, 5) is 22.4. The molecule has 2 heterocycles. The van der Waals surface area contributed by atoms with E-state index in [1.54, 1.807) is 25.1 Å². The number of anilines is 1. The number of rotatable bonds is 5. The zero-order chi connectivity index (χ0) is 23.5. The van der Waals surface area contributed by atoms with E-state index >= 15 is 0 Å². The molecule has 2 N–H and O–H groups in total. The Kier molecular flexibility index (Phi) is 9.82. The highest BCUT2D eigenvalue weighted by atomic mass is 32.2. The number of carbonyl (C=O) groups is 1. The van der Waals surface area contributed by atoms with Gasteiger partial charge in [-0.25, -0.2) is 4.98 Å². The molecule has 4 rings (SSSR count). The molecule has 4 aromatic rings. The summed E-state index contributed by atoms with van der Waals surface area (Å²) in [6.45, 7) is 10.1. The molecule has 0 saturated heterocycles. The number of hydrogen-bond donors (Lipinski definition) is 2. The van der Waals surface area contributed by atoms with Crippen molar-refractivity contribution in [3.8, 4) is 5.75 Å². The number of H-pyrrole nitrogens is 1. The minimum absolute atomic E-state index is 0.210. The van der Waals surface area contributed by atoms with Crippen molar-refractivity contribution >= 4 is 34.4 Å². The fourth-order valence-electron chi connectivity index (χ4n) is 2.86. The van der Waals surface area contributed by atoms with Crippen LogP contribution >= 0.6 is 11.8 Å². The average molecular weight is 450 g/mol. The molecule has 0 fully saturated rings. The van der Waals surface area contributed by atoms with Crippen molar-refractivity contribution in [3.05, 3.63) is 78.1 Å². The first kappa shape index (κ1) is 25.0. The summed E-state index contributed by atoms with van der Waals surface area (Å²) >= 11 is 1.55. The van der Waals surface area contributed by atoms with E-state index in [0.717, 1.165) is 20.9 Å². The van der Waals surface area contributed by atoms with Crippen molar-refractivity contribution in [2.24, 2.45) is 0 Å². The highest BCUT2D eigenvalue weighted by Gasteiger charge is 2.19. The Morgan fingerprint density at radius 3 is 2.25 bits per heavy atom. The van der Waals surface area contributed by atoms with E-state index in [0.29, 0.717) is 17.0 Å². The molecule has 2 aromatic heterocycles. The maximum absolute atomic E-state index is 13.0. The number of benzene rings is 2. The standard InChI is InChI=1S/C22H19N3O2S.2C2H6/c1-14-5-11-17(12-6-14)28-20-18-4-3-13-23-21(18)25-19(20)22(26)24-15-7-9-16(27-2)10-8-15;2*1-2/h3-13H,1-2H3,(H,23,25)(H,24,26);2*1-2H3. The number of fused-ring (bicyclic) bond motifs is 1. The van der Waals surface area contributed by atoms with Crippen molar-refractivity contribution in [1.29, 1.82) is 0 Å². The summed E-state index contributed by atoms with van der Waals surface area (Å²) in [5.74, 6) is 0.529. The van der Waals surface area contributed by atoms with Gasteiger partial charge in [-0.05, 0) is 55.5 Å². The van der Waals surface area contributed by atoms with E-state index < -0.39 is 0 Å². The maximum atomic E-state index is 13.0. The molecule has 0 radical (unpaired) electrons. The predicted molar refractivity (Wildman–Crippen MR) is 135 cm³/mol. The number of aryl methyl sites for hydroxylation is 1. The summed E-state index contributed by atoms with van der Waals surface area (Å²) in [6.07, 6.45) is 1.71. The predicted octanol–water partition coefficient (Wildman–Crippen LogP) is 7.34. The first-order valence-corrected chi connectivity index (χ1v) is 11.6.